The molecule has 0 saturated heterocycles. The Morgan fingerprint density at radius 1 is 0.436 bits per heavy atom. The molecule has 0 radical (unpaired) electrons. The number of aromatic amines is 2. The maximum absolute atomic E-state index is 14.4. The monoisotopic (exact) mass is 564 g/mol. The Morgan fingerprint density at radius 3 is 1.49 bits per heavy atom. The number of rotatable bonds is 0. The van der Waals surface area contributed by atoms with Crippen molar-refractivity contribution in [3.8, 4) is 0 Å². The Morgan fingerprint density at radius 2 is 0.897 bits per heavy atom. The molecule has 0 saturated carbocycles. The first-order valence-electron chi connectivity index (χ1n) is 12.8. The summed E-state index contributed by atoms with van der Waals surface area (Å²) < 4.78 is 0.946. The Balaban J connectivity index is 1.80. The third-order valence-electron chi connectivity index (χ3n) is 8.30. The van der Waals surface area contributed by atoms with Crippen LogP contribution < -0.4 is 10.9 Å². The van der Waals surface area contributed by atoms with Crippen LogP contribution in [0.4, 0.5) is 0 Å². The van der Waals surface area contributed by atoms with E-state index in [-0.39, 0.29) is 10.9 Å². The van der Waals surface area contributed by atoms with E-state index in [1.807, 2.05) is 78.9 Å². The molecule has 0 amide bonds. The first-order valence-corrected chi connectivity index (χ1v) is 13.6. The molecule has 0 bridgehead atoms. The van der Waals surface area contributed by atoms with E-state index >= 15 is 0 Å². The molecule has 4 nitrogen and oxygen atoms in total. The minimum absolute atomic E-state index is 0.0386. The number of nitrogens with one attached hydrogen (secondary N) is 2. The standard InChI is InChI=1S/C34H17BrN2O2/c35-16-13-14-24-22(15-16)26-18-8-2-4-10-20(18)34(39)30-28(26)32(37-24)29-27-25(17-7-1-3-9-19(17)33(29)38)21-11-5-6-12-23(21)36-31(27)30/h1-15,36-37H. The number of halogens is 1. The second kappa shape index (κ2) is 7.22. The van der Waals surface area contributed by atoms with Gasteiger partial charge in [-0.25, -0.2) is 0 Å². The van der Waals surface area contributed by atoms with E-state index in [4.69, 9.17) is 0 Å². The van der Waals surface area contributed by atoms with Gasteiger partial charge in [0.25, 0.3) is 0 Å². The highest BCUT2D eigenvalue weighted by atomic mass is 79.9. The van der Waals surface area contributed by atoms with Crippen LogP contribution in [0.2, 0.25) is 0 Å². The van der Waals surface area contributed by atoms with Crippen LogP contribution >= 0.6 is 15.9 Å². The molecule has 0 aliphatic carbocycles. The predicted molar refractivity (Wildman–Crippen MR) is 167 cm³/mol. The average Bonchev–Trinajstić information content (AvgIpc) is 2.97. The molecule has 9 aromatic rings. The van der Waals surface area contributed by atoms with Crippen LogP contribution in [0.25, 0.3) is 86.7 Å². The third-order valence-corrected chi connectivity index (χ3v) is 8.80. The lowest BCUT2D eigenvalue weighted by atomic mass is 9.87. The van der Waals surface area contributed by atoms with E-state index in [1.165, 1.54) is 0 Å². The number of H-pyrrole nitrogens is 2. The van der Waals surface area contributed by atoms with Crippen molar-refractivity contribution in [1.29, 1.82) is 0 Å². The van der Waals surface area contributed by atoms with Crippen molar-refractivity contribution in [3.63, 3.8) is 0 Å². The van der Waals surface area contributed by atoms with Crippen molar-refractivity contribution in [3.05, 3.63) is 116 Å². The van der Waals surface area contributed by atoms with Crippen LogP contribution in [0.3, 0.4) is 0 Å². The van der Waals surface area contributed by atoms with Gasteiger partial charge >= 0.3 is 0 Å². The van der Waals surface area contributed by atoms with Gasteiger partial charge in [0.2, 0.25) is 0 Å². The van der Waals surface area contributed by atoms with Gasteiger partial charge in [-0.2, -0.15) is 0 Å². The van der Waals surface area contributed by atoms with E-state index in [0.717, 1.165) is 58.6 Å². The Kier molecular flexibility index (Phi) is 3.93. The highest BCUT2D eigenvalue weighted by Gasteiger charge is 2.25. The molecule has 5 heteroatoms. The molecule has 7 aromatic carbocycles. The summed E-state index contributed by atoms with van der Waals surface area (Å²) in [7, 11) is 0. The average molecular weight is 565 g/mol. The van der Waals surface area contributed by atoms with Crippen LogP contribution in [0, 0.1) is 0 Å². The topological polar surface area (TPSA) is 65.7 Å². The molecular formula is C34H17BrN2O2. The van der Waals surface area contributed by atoms with E-state index in [0.29, 0.717) is 32.6 Å². The van der Waals surface area contributed by atoms with Gasteiger partial charge in [0.1, 0.15) is 0 Å². The van der Waals surface area contributed by atoms with Crippen molar-refractivity contribution in [1.82, 2.24) is 9.97 Å². The summed E-state index contributed by atoms with van der Waals surface area (Å²) in [6.07, 6.45) is 0. The quantitative estimate of drug-likeness (QED) is 0.143. The molecule has 0 atom stereocenters. The molecule has 0 fully saturated rings. The molecule has 182 valence electrons. The van der Waals surface area contributed by atoms with Crippen LogP contribution in [-0.4, -0.2) is 9.97 Å². The van der Waals surface area contributed by atoms with Gasteiger partial charge in [0.05, 0.1) is 21.8 Å². The zero-order chi connectivity index (χ0) is 26.0. The van der Waals surface area contributed by atoms with Gasteiger partial charge in [-0.15, -0.1) is 0 Å². The summed E-state index contributed by atoms with van der Waals surface area (Å²) in [4.78, 5) is 36.0. The van der Waals surface area contributed by atoms with E-state index in [9.17, 15) is 9.59 Å². The van der Waals surface area contributed by atoms with Crippen molar-refractivity contribution >= 4 is 103 Å². The van der Waals surface area contributed by atoms with Crippen LogP contribution in [0.1, 0.15) is 0 Å². The zero-order valence-corrected chi connectivity index (χ0v) is 21.9. The maximum atomic E-state index is 14.4. The Bertz CT molecular complexity index is 2670. The number of benzene rings is 7. The lowest BCUT2D eigenvalue weighted by molar-refractivity contribution is 1.50. The fourth-order valence-electron chi connectivity index (χ4n) is 6.76. The predicted octanol–water partition coefficient (Wildman–Crippen LogP) is 8.49. The molecule has 2 aromatic heterocycles. The molecule has 0 aliphatic heterocycles. The SMILES string of the molecule is O=c1c2ccccc2c2c3ccccc3[nH]c3c4c(=O)c5ccccc5c5c6cc(Br)ccc6[nH]c(c1c32)c45. The Hall–Kier alpha value is -4.74. The van der Waals surface area contributed by atoms with Gasteiger partial charge in [-0.05, 0) is 35.0 Å². The first kappa shape index (κ1) is 21.2. The van der Waals surface area contributed by atoms with E-state index in [1.54, 1.807) is 0 Å². The Labute approximate surface area is 227 Å². The van der Waals surface area contributed by atoms with Crippen molar-refractivity contribution in [2.24, 2.45) is 0 Å². The smallest absolute Gasteiger partial charge is 0.196 e. The van der Waals surface area contributed by atoms with Crippen LogP contribution in [0.15, 0.2) is 105 Å². The van der Waals surface area contributed by atoms with Crippen molar-refractivity contribution < 1.29 is 0 Å². The fourth-order valence-corrected chi connectivity index (χ4v) is 7.12. The van der Waals surface area contributed by atoms with E-state index < -0.39 is 0 Å². The van der Waals surface area contributed by atoms with Crippen molar-refractivity contribution in [2.45, 2.75) is 0 Å². The fraction of sp³-hybridized carbons (Fsp3) is 0. The molecule has 2 N–H and O–H groups in total. The van der Waals surface area contributed by atoms with Crippen LogP contribution in [-0.2, 0) is 0 Å². The number of pyridine rings is 2. The summed E-state index contributed by atoms with van der Waals surface area (Å²) in [6, 6.07) is 29.8. The highest BCUT2D eigenvalue weighted by molar-refractivity contribution is 9.10. The maximum Gasteiger partial charge on any atom is 0.196 e. The second-order valence-electron chi connectivity index (χ2n) is 10.2. The minimum atomic E-state index is -0.0406. The molecule has 0 aliphatic rings. The van der Waals surface area contributed by atoms with Gasteiger partial charge in [-0.3, -0.25) is 9.59 Å². The highest BCUT2D eigenvalue weighted by Crippen LogP contribution is 2.44. The molecule has 2 heterocycles. The summed E-state index contributed by atoms with van der Waals surface area (Å²) >= 11 is 3.65. The van der Waals surface area contributed by atoms with Crippen molar-refractivity contribution in [2.75, 3.05) is 0 Å². The van der Waals surface area contributed by atoms with E-state index in [2.05, 4.69) is 38.0 Å². The molecular weight excluding hydrogens is 548 g/mol. The number of fused-ring (bicyclic) bond motifs is 10. The largest absolute Gasteiger partial charge is 0.354 e. The number of para-hydroxylation sites is 1. The van der Waals surface area contributed by atoms with Gasteiger partial charge in [0.15, 0.2) is 10.9 Å². The number of aromatic nitrogens is 2. The van der Waals surface area contributed by atoms with Crippen LogP contribution in [0.5, 0.6) is 0 Å². The summed E-state index contributed by atoms with van der Waals surface area (Å²) in [6.45, 7) is 0. The molecule has 0 unspecified atom stereocenters. The molecule has 39 heavy (non-hydrogen) atoms. The van der Waals surface area contributed by atoms with Gasteiger partial charge in [-0.1, -0.05) is 82.7 Å². The van der Waals surface area contributed by atoms with Gasteiger partial charge in [0, 0.05) is 58.6 Å². The van der Waals surface area contributed by atoms with Gasteiger partial charge < -0.3 is 9.97 Å². The summed E-state index contributed by atoms with van der Waals surface area (Å²) in [5.74, 6) is 0. The summed E-state index contributed by atoms with van der Waals surface area (Å²) in [5.41, 5.74) is 3.16. The summed E-state index contributed by atoms with van der Waals surface area (Å²) in [5, 5.41) is 9.89. The minimum Gasteiger partial charge on any atom is -0.354 e. The lowest BCUT2D eigenvalue weighted by Crippen LogP contribution is -2.11. The molecule has 0 spiro atoms. The number of hydrogen-bond acceptors (Lipinski definition) is 2. The molecule has 9 rings (SSSR count). The zero-order valence-electron chi connectivity index (χ0n) is 20.4. The first-order chi connectivity index (χ1) is 19.1. The third kappa shape index (κ3) is 2.53. The number of hydrogen-bond donors (Lipinski definition) is 2. The normalized spacial score (nSPS) is 12.4. The second-order valence-corrected chi connectivity index (χ2v) is 11.2. The lowest BCUT2D eigenvalue weighted by Gasteiger charge is -2.19.